The minimum Gasteiger partial charge on any atom is -0.380 e. The van der Waals surface area contributed by atoms with Gasteiger partial charge in [-0.25, -0.2) is 0 Å². The second-order valence-corrected chi connectivity index (χ2v) is 3.35. The molecule has 72 valence electrons. The summed E-state index contributed by atoms with van der Waals surface area (Å²) in [5.74, 6) is 5.14. The molecular formula is C10H15NO2. The van der Waals surface area contributed by atoms with Gasteiger partial charge in [0, 0.05) is 0 Å². The molecule has 0 heterocycles. The highest BCUT2D eigenvalue weighted by atomic mass is 16.3. The normalized spacial score (nSPS) is 18.9. The lowest BCUT2D eigenvalue weighted by Gasteiger charge is -2.19. The maximum atomic E-state index is 11.4. The molecule has 1 fully saturated rings. The Kier molecular flexibility index (Phi) is 3.32. The summed E-state index contributed by atoms with van der Waals surface area (Å²) in [6, 6.07) is 0. The number of amides is 1. The minimum absolute atomic E-state index is 0.271. The van der Waals surface area contributed by atoms with Gasteiger partial charge in [-0.05, 0) is 32.6 Å². The molecule has 0 aliphatic heterocycles. The van der Waals surface area contributed by atoms with Crippen LogP contribution in [0.3, 0.4) is 0 Å². The molecule has 1 aliphatic rings. The first-order chi connectivity index (χ1) is 6.19. The summed E-state index contributed by atoms with van der Waals surface area (Å²) in [7, 11) is 0. The Balaban J connectivity index is 2.40. The third kappa shape index (κ3) is 2.46. The topological polar surface area (TPSA) is 49.3 Å². The van der Waals surface area contributed by atoms with Crippen LogP contribution in [-0.2, 0) is 4.79 Å². The maximum Gasteiger partial charge on any atom is 0.252 e. The highest BCUT2D eigenvalue weighted by molar-refractivity contribution is 5.85. The summed E-state index contributed by atoms with van der Waals surface area (Å²) in [4.78, 5) is 11.4. The number of nitrogens with one attached hydrogen (secondary N) is 1. The van der Waals surface area contributed by atoms with Crippen LogP contribution in [-0.4, -0.2) is 23.2 Å². The smallest absolute Gasteiger partial charge is 0.252 e. The Morgan fingerprint density at radius 1 is 1.54 bits per heavy atom. The van der Waals surface area contributed by atoms with Crippen molar-refractivity contribution in [1.29, 1.82) is 0 Å². The molecule has 0 radical (unpaired) electrons. The molecule has 1 amide bonds. The lowest BCUT2D eigenvalue weighted by molar-refractivity contribution is -0.138. The van der Waals surface area contributed by atoms with Crippen molar-refractivity contribution in [3.05, 3.63) is 0 Å². The molecule has 0 aromatic rings. The predicted octanol–water partition coefficient (Wildman–Crippen LogP) is 0.431. The lowest BCUT2D eigenvalue weighted by atomic mass is 10.0. The van der Waals surface area contributed by atoms with Gasteiger partial charge in [-0.3, -0.25) is 4.79 Å². The zero-order valence-electron chi connectivity index (χ0n) is 7.89. The van der Waals surface area contributed by atoms with E-state index in [-0.39, 0.29) is 5.91 Å². The summed E-state index contributed by atoms with van der Waals surface area (Å²) < 4.78 is 0. The van der Waals surface area contributed by atoms with Gasteiger partial charge < -0.3 is 10.4 Å². The van der Waals surface area contributed by atoms with Crippen LogP contribution in [0.2, 0.25) is 0 Å². The Labute approximate surface area is 78.5 Å². The van der Waals surface area contributed by atoms with Crippen LogP contribution in [0.4, 0.5) is 0 Å². The number of aliphatic hydroxyl groups is 1. The van der Waals surface area contributed by atoms with Crippen molar-refractivity contribution in [1.82, 2.24) is 5.32 Å². The van der Waals surface area contributed by atoms with Crippen molar-refractivity contribution < 1.29 is 9.90 Å². The summed E-state index contributed by atoms with van der Waals surface area (Å²) in [6.07, 6.45) is 3.03. The fourth-order valence-corrected chi connectivity index (χ4v) is 1.56. The van der Waals surface area contributed by atoms with Crippen LogP contribution in [0.5, 0.6) is 0 Å². The van der Waals surface area contributed by atoms with Gasteiger partial charge >= 0.3 is 0 Å². The average Bonchev–Trinajstić information content (AvgIpc) is 2.54. The van der Waals surface area contributed by atoms with Crippen LogP contribution in [0.1, 0.15) is 32.6 Å². The second kappa shape index (κ2) is 4.29. The van der Waals surface area contributed by atoms with Gasteiger partial charge in [0.1, 0.15) is 5.60 Å². The Hall–Kier alpha value is -1.01. The van der Waals surface area contributed by atoms with Gasteiger partial charge in [-0.2, -0.15) is 0 Å². The van der Waals surface area contributed by atoms with E-state index < -0.39 is 5.60 Å². The van der Waals surface area contributed by atoms with Crippen LogP contribution in [0, 0.1) is 11.8 Å². The summed E-state index contributed by atoms with van der Waals surface area (Å²) >= 11 is 0. The van der Waals surface area contributed by atoms with E-state index in [9.17, 15) is 9.90 Å². The zero-order valence-corrected chi connectivity index (χ0v) is 7.89. The predicted molar refractivity (Wildman–Crippen MR) is 49.9 cm³/mol. The third-order valence-corrected chi connectivity index (χ3v) is 2.37. The molecular weight excluding hydrogens is 166 g/mol. The highest BCUT2D eigenvalue weighted by Crippen LogP contribution is 2.29. The summed E-state index contributed by atoms with van der Waals surface area (Å²) in [6.45, 7) is 2.05. The molecule has 0 aromatic heterocycles. The Bertz CT molecular complexity index is 243. The van der Waals surface area contributed by atoms with Crippen molar-refractivity contribution in [3.8, 4) is 11.8 Å². The highest BCUT2D eigenvalue weighted by Gasteiger charge is 2.38. The molecule has 13 heavy (non-hydrogen) atoms. The van der Waals surface area contributed by atoms with Gasteiger partial charge in [0.2, 0.25) is 0 Å². The first-order valence-corrected chi connectivity index (χ1v) is 4.59. The molecule has 0 saturated heterocycles. The van der Waals surface area contributed by atoms with Gasteiger partial charge in [0.25, 0.3) is 5.91 Å². The van der Waals surface area contributed by atoms with E-state index >= 15 is 0 Å². The molecule has 3 nitrogen and oxygen atoms in total. The molecule has 0 spiro atoms. The van der Waals surface area contributed by atoms with Crippen LogP contribution >= 0.6 is 0 Å². The summed E-state index contributed by atoms with van der Waals surface area (Å²) in [5.41, 5.74) is -1.12. The van der Waals surface area contributed by atoms with Crippen LogP contribution < -0.4 is 5.32 Å². The van der Waals surface area contributed by atoms with E-state index in [4.69, 9.17) is 0 Å². The monoisotopic (exact) mass is 181 g/mol. The number of carbonyl (C=O) groups is 1. The molecule has 0 unspecified atom stereocenters. The number of hydrogen-bond donors (Lipinski definition) is 2. The Morgan fingerprint density at radius 3 is 2.69 bits per heavy atom. The quantitative estimate of drug-likeness (QED) is 0.607. The van der Waals surface area contributed by atoms with E-state index in [0.717, 1.165) is 12.8 Å². The third-order valence-electron chi connectivity index (χ3n) is 2.37. The van der Waals surface area contributed by atoms with Crippen molar-refractivity contribution in [2.75, 3.05) is 6.54 Å². The van der Waals surface area contributed by atoms with Gasteiger partial charge in [-0.1, -0.05) is 5.92 Å². The standard InChI is InChI=1S/C10H15NO2/c1-2-3-8-11-9(12)10(13)6-4-5-7-10/h13H,4-8H2,1H3,(H,11,12). The molecule has 1 aliphatic carbocycles. The van der Waals surface area contributed by atoms with Gasteiger partial charge in [-0.15, -0.1) is 5.92 Å². The fourth-order valence-electron chi connectivity index (χ4n) is 1.56. The SMILES string of the molecule is CC#CCNC(=O)C1(O)CCCC1. The number of hydrogen-bond acceptors (Lipinski definition) is 2. The van der Waals surface area contributed by atoms with Gasteiger partial charge in [0.05, 0.1) is 6.54 Å². The zero-order chi connectivity index (χ0) is 9.73. The number of carbonyl (C=O) groups excluding carboxylic acids is 1. The Morgan fingerprint density at radius 2 is 2.15 bits per heavy atom. The molecule has 0 atom stereocenters. The summed E-state index contributed by atoms with van der Waals surface area (Å²) in [5, 5.41) is 12.4. The first-order valence-electron chi connectivity index (χ1n) is 4.59. The van der Waals surface area contributed by atoms with Crippen molar-refractivity contribution >= 4 is 5.91 Å². The van der Waals surface area contributed by atoms with E-state index in [1.807, 2.05) is 0 Å². The van der Waals surface area contributed by atoms with Gasteiger partial charge in [0.15, 0.2) is 0 Å². The molecule has 2 N–H and O–H groups in total. The fraction of sp³-hybridized carbons (Fsp3) is 0.700. The van der Waals surface area contributed by atoms with E-state index in [2.05, 4.69) is 17.2 Å². The van der Waals surface area contributed by atoms with E-state index in [0.29, 0.717) is 19.4 Å². The van der Waals surface area contributed by atoms with E-state index in [1.54, 1.807) is 6.92 Å². The molecule has 1 rings (SSSR count). The maximum absolute atomic E-state index is 11.4. The number of rotatable bonds is 2. The van der Waals surface area contributed by atoms with E-state index in [1.165, 1.54) is 0 Å². The molecule has 1 saturated carbocycles. The van der Waals surface area contributed by atoms with Crippen LogP contribution in [0.15, 0.2) is 0 Å². The lowest BCUT2D eigenvalue weighted by Crippen LogP contribution is -2.44. The average molecular weight is 181 g/mol. The largest absolute Gasteiger partial charge is 0.380 e. The minimum atomic E-state index is -1.12. The van der Waals surface area contributed by atoms with Crippen molar-refractivity contribution in [2.45, 2.75) is 38.2 Å². The second-order valence-electron chi connectivity index (χ2n) is 3.35. The first kappa shape index (κ1) is 10.1. The molecule has 0 bridgehead atoms. The van der Waals surface area contributed by atoms with Crippen molar-refractivity contribution in [3.63, 3.8) is 0 Å². The van der Waals surface area contributed by atoms with Crippen molar-refractivity contribution in [2.24, 2.45) is 0 Å². The molecule has 0 aromatic carbocycles. The molecule has 3 heteroatoms. The van der Waals surface area contributed by atoms with Crippen LogP contribution in [0.25, 0.3) is 0 Å².